The van der Waals surface area contributed by atoms with Gasteiger partial charge in [0.05, 0.1) is 5.71 Å². The average molecular weight is 390 g/mol. The fourth-order valence-electron chi connectivity index (χ4n) is 2.15. The molecular weight excluding hydrogens is 373 g/mol. The quantitative estimate of drug-likeness (QED) is 0.604. The summed E-state index contributed by atoms with van der Waals surface area (Å²) in [5.41, 5.74) is 3.84. The van der Waals surface area contributed by atoms with Gasteiger partial charge in [0.2, 0.25) is 0 Å². The van der Waals surface area contributed by atoms with E-state index in [1.807, 2.05) is 19.1 Å². The molecule has 0 bridgehead atoms. The molecule has 5 heteroatoms. The van der Waals surface area contributed by atoms with Crippen molar-refractivity contribution < 1.29 is 8.78 Å². The molecule has 2 unspecified atom stereocenters. The number of allylic oxidation sites excluding steroid dienone is 2. The summed E-state index contributed by atoms with van der Waals surface area (Å²) in [7, 11) is 0. The molecule has 20 heavy (non-hydrogen) atoms. The number of benzene rings is 1. The summed E-state index contributed by atoms with van der Waals surface area (Å²) in [6, 6.07) is 5.54. The minimum atomic E-state index is -1.06. The predicted octanol–water partition coefficient (Wildman–Crippen LogP) is 4.24. The Labute approximate surface area is 131 Å². The van der Waals surface area contributed by atoms with Gasteiger partial charge in [-0.2, -0.15) is 0 Å². The number of hydrogen-bond acceptors (Lipinski definition) is 2. The van der Waals surface area contributed by atoms with Gasteiger partial charge >= 0.3 is 0 Å². The van der Waals surface area contributed by atoms with Gasteiger partial charge in [0, 0.05) is 11.3 Å². The first kappa shape index (κ1) is 15.4. The topological polar surface area (TPSA) is 24.4 Å². The Bertz CT molecular complexity index is 551. The Kier molecular flexibility index (Phi) is 5.12. The molecule has 0 saturated carbocycles. The van der Waals surface area contributed by atoms with Gasteiger partial charge < -0.3 is 5.32 Å². The highest BCUT2D eigenvalue weighted by molar-refractivity contribution is 14.1. The summed E-state index contributed by atoms with van der Waals surface area (Å²) in [5, 5.41) is 2.92. The first-order valence-corrected chi connectivity index (χ1v) is 7.82. The van der Waals surface area contributed by atoms with Crippen LogP contribution in [-0.2, 0) is 6.42 Å². The molecule has 108 valence electrons. The van der Waals surface area contributed by atoms with Crippen LogP contribution in [0.4, 0.5) is 8.78 Å². The molecule has 2 atom stereocenters. The van der Waals surface area contributed by atoms with Crippen molar-refractivity contribution in [2.75, 3.05) is 6.67 Å². The summed E-state index contributed by atoms with van der Waals surface area (Å²) in [6.07, 6.45) is 1.48. The predicted molar refractivity (Wildman–Crippen MR) is 86.9 cm³/mol. The number of rotatable bonds is 4. The molecule has 1 aliphatic rings. The zero-order valence-corrected chi connectivity index (χ0v) is 13.6. The van der Waals surface area contributed by atoms with Gasteiger partial charge in [-0.3, -0.25) is 4.99 Å². The minimum absolute atomic E-state index is 0.353. The second-order valence-electron chi connectivity index (χ2n) is 4.66. The molecular formula is C15H17F2IN2. The number of nitrogens with zero attached hydrogens (tertiary/aromatic N) is 1. The highest BCUT2D eigenvalue weighted by atomic mass is 127. The lowest BCUT2D eigenvalue weighted by Gasteiger charge is -2.19. The van der Waals surface area contributed by atoms with Crippen molar-refractivity contribution in [1.82, 2.24) is 5.32 Å². The molecule has 2 nitrogen and oxygen atoms in total. The molecule has 0 spiro atoms. The smallest absolute Gasteiger partial charge is 0.176 e. The summed E-state index contributed by atoms with van der Waals surface area (Å²) in [5.74, 6) is 0. The number of aliphatic imine (C=N–C) groups is 1. The average Bonchev–Trinajstić information content (AvgIpc) is 2.46. The van der Waals surface area contributed by atoms with Gasteiger partial charge in [0.25, 0.3) is 0 Å². The van der Waals surface area contributed by atoms with Crippen molar-refractivity contribution in [3.63, 3.8) is 0 Å². The first-order valence-electron chi connectivity index (χ1n) is 6.58. The molecule has 0 fully saturated rings. The fourth-order valence-corrected chi connectivity index (χ4v) is 2.54. The van der Waals surface area contributed by atoms with E-state index in [-0.39, 0.29) is 0 Å². The minimum Gasteiger partial charge on any atom is -0.367 e. The standard InChI is InChI=1S/C15H17F2IN2/c1-3-10-4-5-11(15(17)18)6-12(10)14-7-13(9(2)16)19-8-20-14/h4-7,9,15,19H,3,8H2,1-2H3. The summed E-state index contributed by atoms with van der Waals surface area (Å²) in [4.78, 5) is 4.38. The molecule has 2 rings (SSSR count). The summed E-state index contributed by atoms with van der Waals surface area (Å²) in [6.45, 7) is 3.88. The summed E-state index contributed by atoms with van der Waals surface area (Å²) >= 11 is 1.74. The van der Waals surface area contributed by atoms with E-state index in [0.29, 0.717) is 17.9 Å². The largest absolute Gasteiger partial charge is 0.367 e. The van der Waals surface area contributed by atoms with Gasteiger partial charge in [-0.25, -0.2) is 8.78 Å². The molecule has 0 radical (unpaired) electrons. The Morgan fingerprint density at radius 3 is 2.75 bits per heavy atom. The van der Waals surface area contributed by atoms with Crippen LogP contribution in [0.5, 0.6) is 0 Å². The third kappa shape index (κ3) is 3.37. The van der Waals surface area contributed by atoms with E-state index in [2.05, 4.69) is 10.3 Å². The Morgan fingerprint density at radius 1 is 1.40 bits per heavy atom. The molecule has 0 saturated heterocycles. The molecule has 0 amide bonds. The Hall–Kier alpha value is -0.980. The number of aryl methyl sites for hydroxylation is 1. The van der Waals surface area contributed by atoms with Gasteiger partial charge in [-0.15, -0.1) is 0 Å². The van der Waals surface area contributed by atoms with Crippen molar-refractivity contribution in [2.24, 2.45) is 4.99 Å². The van der Waals surface area contributed by atoms with E-state index in [9.17, 15) is 8.78 Å². The molecule has 0 aromatic heterocycles. The fraction of sp³-hybridized carbons (Fsp3) is 0.400. The lowest BCUT2D eigenvalue weighted by Crippen LogP contribution is -2.26. The van der Waals surface area contributed by atoms with Crippen LogP contribution < -0.4 is 5.32 Å². The van der Waals surface area contributed by atoms with Crippen LogP contribution in [-0.4, -0.2) is 18.6 Å². The zero-order chi connectivity index (χ0) is 14.7. The SMILES string of the molecule is CCc1ccc(C(F)I)cc1C1=NCNC(C(C)F)=C1. The van der Waals surface area contributed by atoms with Crippen molar-refractivity contribution in [3.05, 3.63) is 46.7 Å². The zero-order valence-electron chi connectivity index (χ0n) is 11.5. The van der Waals surface area contributed by atoms with Crippen LogP contribution >= 0.6 is 22.6 Å². The monoisotopic (exact) mass is 390 g/mol. The maximum atomic E-state index is 13.5. The summed E-state index contributed by atoms with van der Waals surface area (Å²) < 4.78 is 25.8. The molecule has 1 heterocycles. The van der Waals surface area contributed by atoms with Crippen LogP contribution in [0.15, 0.2) is 35.0 Å². The Morgan fingerprint density at radius 2 is 2.15 bits per heavy atom. The third-order valence-corrected chi connectivity index (χ3v) is 4.02. The maximum Gasteiger partial charge on any atom is 0.176 e. The Balaban J connectivity index is 2.45. The number of halogens is 3. The van der Waals surface area contributed by atoms with Crippen LogP contribution in [0, 0.1) is 0 Å². The van der Waals surface area contributed by atoms with Gasteiger partial charge in [0.1, 0.15) is 12.8 Å². The molecule has 0 aliphatic carbocycles. The van der Waals surface area contributed by atoms with Crippen molar-refractivity contribution >= 4 is 28.3 Å². The van der Waals surface area contributed by atoms with Crippen LogP contribution in [0.25, 0.3) is 0 Å². The van der Waals surface area contributed by atoms with Gasteiger partial charge in [-0.1, -0.05) is 19.1 Å². The van der Waals surface area contributed by atoms with Crippen LogP contribution in [0.1, 0.15) is 34.7 Å². The molecule has 1 N–H and O–H groups in total. The molecule has 1 aromatic rings. The van der Waals surface area contributed by atoms with Crippen LogP contribution in [0.3, 0.4) is 0 Å². The second-order valence-corrected chi connectivity index (χ2v) is 5.76. The highest BCUT2D eigenvalue weighted by Gasteiger charge is 2.16. The number of hydrogen-bond donors (Lipinski definition) is 1. The third-order valence-electron chi connectivity index (χ3n) is 3.30. The molecule has 1 aliphatic heterocycles. The highest BCUT2D eigenvalue weighted by Crippen LogP contribution is 2.27. The van der Waals surface area contributed by atoms with Crippen molar-refractivity contribution in [1.29, 1.82) is 0 Å². The number of alkyl halides is 3. The second kappa shape index (κ2) is 6.65. The van der Waals surface area contributed by atoms with E-state index in [0.717, 1.165) is 23.3 Å². The van der Waals surface area contributed by atoms with E-state index in [4.69, 9.17) is 0 Å². The van der Waals surface area contributed by atoms with E-state index < -0.39 is 10.4 Å². The molecule has 1 aromatic carbocycles. The number of nitrogens with one attached hydrogen (secondary N) is 1. The van der Waals surface area contributed by atoms with Crippen molar-refractivity contribution in [2.45, 2.75) is 30.6 Å². The lowest BCUT2D eigenvalue weighted by atomic mass is 9.97. The van der Waals surface area contributed by atoms with Gasteiger partial charge in [-0.05, 0) is 59.2 Å². The van der Waals surface area contributed by atoms with E-state index in [1.54, 1.807) is 34.7 Å². The van der Waals surface area contributed by atoms with Crippen molar-refractivity contribution in [3.8, 4) is 0 Å². The normalized spacial score (nSPS) is 17.9. The van der Waals surface area contributed by atoms with Crippen LogP contribution in [0.2, 0.25) is 0 Å². The van der Waals surface area contributed by atoms with E-state index >= 15 is 0 Å². The lowest BCUT2D eigenvalue weighted by molar-refractivity contribution is 0.392. The first-order chi connectivity index (χ1) is 9.52. The van der Waals surface area contributed by atoms with Gasteiger partial charge in [0.15, 0.2) is 4.18 Å². The maximum absolute atomic E-state index is 13.5. The van der Waals surface area contributed by atoms with E-state index in [1.165, 1.54) is 6.92 Å².